The van der Waals surface area contributed by atoms with Crippen molar-refractivity contribution in [2.45, 2.75) is 12.5 Å². The minimum atomic E-state index is -0.250. The molecule has 24 heavy (non-hydrogen) atoms. The van der Waals surface area contributed by atoms with Crippen molar-refractivity contribution in [3.8, 4) is 11.1 Å². The lowest BCUT2D eigenvalue weighted by molar-refractivity contribution is 0.0680. The highest BCUT2D eigenvalue weighted by molar-refractivity contribution is 6.00. The van der Waals surface area contributed by atoms with Crippen LogP contribution in [-0.2, 0) is 4.84 Å². The van der Waals surface area contributed by atoms with Crippen LogP contribution in [0.1, 0.15) is 16.8 Å². The van der Waals surface area contributed by atoms with E-state index in [0.717, 1.165) is 16.8 Å². The summed E-state index contributed by atoms with van der Waals surface area (Å²) in [7, 11) is 1.48. The monoisotopic (exact) mass is 324 g/mol. The van der Waals surface area contributed by atoms with Gasteiger partial charge in [-0.15, -0.1) is 0 Å². The molecule has 0 aliphatic carbocycles. The van der Waals surface area contributed by atoms with Gasteiger partial charge in [-0.25, -0.2) is 0 Å². The number of benzene rings is 2. The molecule has 1 amide bonds. The van der Waals surface area contributed by atoms with Gasteiger partial charge in [0.25, 0.3) is 5.91 Å². The highest BCUT2D eigenvalue weighted by Gasteiger charge is 2.33. The molecule has 0 radical (unpaired) electrons. The summed E-state index contributed by atoms with van der Waals surface area (Å²) < 4.78 is 0. The molecule has 1 N–H and O–H groups in total. The van der Waals surface area contributed by atoms with Crippen LogP contribution in [-0.4, -0.2) is 47.9 Å². The quantitative estimate of drug-likeness (QED) is 0.879. The summed E-state index contributed by atoms with van der Waals surface area (Å²) >= 11 is 0. The van der Waals surface area contributed by atoms with Gasteiger partial charge in [0.1, 0.15) is 7.11 Å². The van der Waals surface area contributed by atoms with E-state index in [9.17, 15) is 9.90 Å². The Kier molecular flexibility index (Phi) is 4.91. The van der Waals surface area contributed by atoms with Crippen molar-refractivity contribution >= 4 is 11.6 Å². The van der Waals surface area contributed by atoms with Crippen LogP contribution in [0.3, 0.4) is 0 Å². The second kappa shape index (κ2) is 7.27. The van der Waals surface area contributed by atoms with Gasteiger partial charge in [-0.1, -0.05) is 47.6 Å². The Morgan fingerprint density at radius 1 is 1.17 bits per heavy atom. The van der Waals surface area contributed by atoms with Crippen molar-refractivity contribution in [2.24, 2.45) is 5.16 Å². The molecule has 1 aliphatic heterocycles. The molecule has 3 rings (SSSR count). The molecule has 0 aromatic heterocycles. The van der Waals surface area contributed by atoms with E-state index in [2.05, 4.69) is 5.16 Å². The molecule has 1 aliphatic rings. The van der Waals surface area contributed by atoms with Crippen molar-refractivity contribution < 1.29 is 14.7 Å². The van der Waals surface area contributed by atoms with E-state index < -0.39 is 0 Å². The predicted molar refractivity (Wildman–Crippen MR) is 92.8 cm³/mol. The molecule has 1 unspecified atom stereocenters. The first-order chi connectivity index (χ1) is 11.7. The van der Waals surface area contributed by atoms with Crippen LogP contribution in [0.25, 0.3) is 11.1 Å². The lowest BCUT2D eigenvalue weighted by atomic mass is 10.0. The number of hydrogen-bond donors (Lipinski definition) is 1. The Hall–Kier alpha value is -2.66. The fourth-order valence-corrected chi connectivity index (χ4v) is 2.97. The van der Waals surface area contributed by atoms with Crippen molar-refractivity contribution in [3.05, 3.63) is 60.2 Å². The Morgan fingerprint density at radius 3 is 2.46 bits per heavy atom. The molecule has 2 aromatic rings. The average molecular weight is 324 g/mol. The van der Waals surface area contributed by atoms with E-state index in [4.69, 9.17) is 4.84 Å². The average Bonchev–Trinajstić information content (AvgIpc) is 3.05. The first kappa shape index (κ1) is 16.2. The number of oxime groups is 1. The molecule has 124 valence electrons. The molecule has 5 heteroatoms. The normalized spacial score (nSPS) is 18.8. The summed E-state index contributed by atoms with van der Waals surface area (Å²) in [5.41, 5.74) is 3.55. The molecule has 2 aromatic carbocycles. The highest BCUT2D eigenvalue weighted by Crippen LogP contribution is 2.22. The maximum absolute atomic E-state index is 12.7. The van der Waals surface area contributed by atoms with Gasteiger partial charge in [-0.05, 0) is 23.3 Å². The molecule has 5 nitrogen and oxygen atoms in total. The second-order valence-electron chi connectivity index (χ2n) is 5.76. The molecule has 0 saturated carbocycles. The van der Waals surface area contributed by atoms with Crippen molar-refractivity contribution in [2.75, 3.05) is 20.3 Å². The van der Waals surface area contributed by atoms with Gasteiger partial charge >= 0.3 is 0 Å². The minimum absolute atomic E-state index is 0.0867. The highest BCUT2D eigenvalue weighted by atomic mass is 16.6. The van der Waals surface area contributed by atoms with Crippen LogP contribution in [0.4, 0.5) is 0 Å². The summed E-state index contributed by atoms with van der Waals surface area (Å²) in [5.74, 6) is -0.102. The Balaban J connectivity index is 1.79. The predicted octanol–water partition coefficient (Wildman–Crippen LogP) is 2.56. The zero-order valence-corrected chi connectivity index (χ0v) is 13.6. The number of aliphatic hydroxyl groups excluding tert-OH is 1. The third-order valence-electron chi connectivity index (χ3n) is 4.20. The van der Waals surface area contributed by atoms with Gasteiger partial charge in [0, 0.05) is 12.0 Å². The number of hydrogen-bond acceptors (Lipinski definition) is 4. The van der Waals surface area contributed by atoms with Crippen LogP contribution in [0.15, 0.2) is 59.8 Å². The van der Waals surface area contributed by atoms with Crippen LogP contribution in [0.5, 0.6) is 0 Å². The minimum Gasteiger partial charge on any atom is -0.399 e. The number of aliphatic hydroxyl groups is 1. The summed E-state index contributed by atoms with van der Waals surface area (Å²) in [5, 5.41) is 13.4. The van der Waals surface area contributed by atoms with Gasteiger partial charge in [-0.3, -0.25) is 4.79 Å². The fourth-order valence-electron chi connectivity index (χ4n) is 2.97. The van der Waals surface area contributed by atoms with Gasteiger partial charge in [0.05, 0.1) is 24.9 Å². The molecule has 1 saturated heterocycles. The molecule has 1 atom stereocenters. The van der Waals surface area contributed by atoms with Crippen molar-refractivity contribution in [1.29, 1.82) is 0 Å². The van der Waals surface area contributed by atoms with Gasteiger partial charge < -0.3 is 14.8 Å². The van der Waals surface area contributed by atoms with E-state index in [1.165, 1.54) is 7.11 Å². The van der Waals surface area contributed by atoms with Crippen LogP contribution >= 0.6 is 0 Å². The van der Waals surface area contributed by atoms with Crippen LogP contribution < -0.4 is 0 Å². The van der Waals surface area contributed by atoms with Crippen LogP contribution in [0.2, 0.25) is 0 Å². The largest absolute Gasteiger partial charge is 0.399 e. The fraction of sp³-hybridized carbons (Fsp3) is 0.263. The number of carbonyl (C=O) groups is 1. The van der Waals surface area contributed by atoms with E-state index in [1.54, 1.807) is 4.90 Å². The summed E-state index contributed by atoms with van der Waals surface area (Å²) in [6, 6.07) is 17.3. The maximum atomic E-state index is 12.7. The lowest BCUT2D eigenvalue weighted by Gasteiger charge is -2.22. The Bertz CT molecular complexity index is 726. The van der Waals surface area contributed by atoms with E-state index in [0.29, 0.717) is 18.5 Å². The van der Waals surface area contributed by atoms with Crippen molar-refractivity contribution in [1.82, 2.24) is 4.90 Å². The first-order valence-electron chi connectivity index (χ1n) is 7.89. The molecular weight excluding hydrogens is 304 g/mol. The summed E-state index contributed by atoms with van der Waals surface area (Å²) in [6.07, 6.45) is 0.540. The zero-order chi connectivity index (χ0) is 16.9. The summed E-state index contributed by atoms with van der Waals surface area (Å²) in [6.45, 7) is 0.301. The molecule has 0 spiro atoms. The third-order valence-corrected chi connectivity index (χ3v) is 4.20. The van der Waals surface area contributed by atoms with Gasteiger partial charge in [-0.2, -0.15) is 0 Å². The standard InChI is InChI=1S/C19H20N2O3/c1-24-20-17-11-18(13-22)21(12-17)19(23)16-9-7-15(8-10-16)14-5-3-2-4-6-14/h2-10,18,22H,11-13H2,1H3/b20-17-. The molecule has 1 heterocycles. The van der Waals surface area contributed by atoms with Crippen LogP contribution in [0, 0.1) is 0 Å². The number of amides is 1. The maximum Gasteiger partial charge on any atom is 0.254 e. The summed E-state index contributed by atoms with van der Waals surface area (Å²) in [4.78, 5) is 19.2. The smallest absolute Gasteiger partial charge is 0.254 e. The third kappa shape index (κ3) is 3.31. The number of likely N-dealkylation sites (tertiary alicyclic amines) is 1. The Morgan fingerprint density at radius 2 is 1.83 bits per heavy atom. The molecular formula is C19H20N2O3. The SMILES string of the molecule is CO/N=C1/CC(CO)N(C(=O)c2ccc(-c3ccccc3)cc2)C1. The number of rotatable bonds is 4. The molecule has 0 bridgehead atoms. The van der Waals surface area contributed by atoms with E-state index in [1.807, 2.05) is 54.6 Å². The molecule has 1 fully saturated rings. The van der Waals surface area contributed by atoms with E-state index >= 15 is 0 Å². The van der Waals surface area contributed by atoms with Gasteiger partial charge in [0.15, 0.2) is 0 Å². The lowest BCUT2D eigenvalue weighted by Crippen LogP contribution is -2.37. The van der Waals surface area contributed by atoms with Crippen molar-refractivity contribution in [3.63, 3.8) is 0 Å². The first-order valence-corrected chi connectivity index (χ1v) is 7.89. The topological polar surface area (TPSA) is 62.1 Å². The second-order valence-corrected chi connectivity index (χ2v) is 5.76. The number of nitrogens with zero attached hydrogens (tertiary/aromatic N) is 2. The Labute approximate surface area is 141 Å². The number of carbonyl (C=O) groups excluding carboxylic acids is 1. The van der Waals surface area contributed by atoms with Gasteiger partial charge in [0.2, 0.25) is 0 Å². The van der Waals surface area contributed by atoms with E-state index in [-0.39, 0.29) is 18.6 Å². The zero-order valence-electron chi connectivity index (χ0n) is 13.6.